The predicted octanol–water partition coefficient (Wildman–Crippen LogP) is -1.67. The van der Waals surface area contributed by atoms with Crippen molar-refractivity contribution < 1.29 is 38.8 Å². The lowest BCUT2D eigenvalue weighted by atomic mass is 9.83. The number of aliphatic hydroxyl groups excluding tert-OH is 1. The number of carbonyl (C=O) groups excluding carboxylic acids is 2. The molecule has 0 aromatic carbocycles. The van der Waals surface area contributed by atoms with Crippen LogP contribution >= 0.6 is 0 Å². The number of ether oxygens (including phenoxy) is 3. The van der Waals surface area contributed by atoms with Gasteiger partial charge in [0.1, 0.15) is 12.7 Å². The number of primary amides is 1. The highest BCUT2D eigenvalue weighted by atomic mass is 16.6. The molecule has 1 amide bonds. The minimum Gasteiger partial charge on any atom is -0.486 e. The average molecular weight is 409 g/mol. The number of nitrogens with two attached hydrogens (primary N) is 1. The van der Waals surface area contributed by atoms with E-state index >= 15 is 0 Å². The number of amides is 1. The summed E-state index contributed by atoms with van der Waals surface area (Å²) in [6, 6.07) is 0.227. The van der Waals surface area contributed by atoms with Crippen molar-refractivity contribution in [3.8, 4) is 0 Å². The molecule has 11 nitrogen and oxygen atoms in total. The zero-order valence-electron chi connectivity index (χ0n) is 16.0. The molecule has 5 atom stereocenters. The summed E-state index contributed by atoms with van der Waals surface area (Å²) >= 11 is 0. The fourth-order valence-corrected chi connectivity index (χ4v) is 4.64. The van der Waals surface area contributed by atoms with Gasteiger partial charge in [0.2, 0.25) is 11.6 Å². The molecule has 0 bridgehead atoms. The van der Waals surface area contributed by atoms with Crippen LogP contribution in [0.4, 0.5) is 4.79 Å². The fraction of sp³-hybridized carbons (Fsp3) is 0.611. The summed E-state index contributed by atoms with van der Waals surface area (Å²) < 4.78 is 16.6. The van der Waals surface area contributed by atoms with E-state index in [1.807, 2.05) is 4.90 Å². The first-order chi connectivity index (χ1) is 13.8. The van der Waals surface area contributed by atoms with E-state index in [1.54, 1.807) is 14.0 Å². The summed E-state index contributed by atoms with van der Waals surface area (Å²) in [6.07, 6.45) is -1.35. The molecule has 5 N–H and O–H groups in total. The molecular formula is C18H23N3O8. The van der Waals surface area contributed by atoms with Crippen LogP contribution in [0.5, 0.6) is 0 Å². The van der Waals surface area contributed by atoms with Crippen LogP contribution in [0.1, 0.15) is 6.92 Å². The Labute approximate surface area is 166 Å². The van der Waals surface area contributed by atoms with Crippen molar-refractivity contribution in [1.29, 1.82) is 0 Å². The molecule has 0 aromatic rings. The van der Waals surface area contributed by atoms with E-state index in [-0.39, 0.29) is 48.7 Å². The number of nitrogens with zero attached hydrogens (tertiary/aromatic N) is 1. The number of nitrogens with one attached hydrogen (secondary N) is 1. The second kappa shape index (κ2) is 6.80. The van der Waals surface area contributed by atoms with Gasteiger partial charge in [-0.25, -0.2) is 4.79 Å². The molecule has 4 aliphatic heterocycles. The predicted molar refractivity (Wildman–Crippen MR) is 95.4 cm³/mol. The van der Waals surface area contributed by atoms with Gasteiger partial charge in [-0.2, -0.15) is 0 Å². The molecular weight excluding hydrogens is 386 g/mol. The number of ketones is 2. The Balaban J connectivity index is 0.000000472. The molecule has 5 unspecified atom stereocenters. The Morgan fingerprint density at radius 3 is 2.62 bits per heavy atom. The van der Waals surface area contributed by atoms with Crippen molar-refractivity contribution in [2.45, 2.75) is 30.8 Å². The molecule has 0 aromatic heterocycles. The number of methoxy groups -OCH3 is 1. The number of hydrogen-bond acceptors (Lipinski definition) is 9. The van der Waals surface area contributed by atoms with Crippen LogP contribution in [0.15, 0.2) is 22.6 Å². The number of rotatable bonds is 5. The molecule has 3 saturated heterocycles. The average Bonchev–Trinajstić information content (AvgIpc) is 3.58. The standard InChI is InChI=1S/C17H20N2O6.CH3NO2/c1-7-13(21)12-11(14(22)15(7)25-6-8-5-24-8)9(4-20)17(23-2)16-10(18-16)3-19(12)17;2-1(3)4/h8-10,16,18,20H,3-6H2,1-2H3;2H2,(H,3,4). The Morgan fingerprint density at radius 1 is 1.41 bits per heavy atom. The molecule has 3 fully saturated rings. The number of fused-ring (bicyclic) bond motifs is 4. The van der Waals surface area contributed by atoms with Crippen LogP contribution in [0, 0.1) is 5.92 Å². The van der Waals surface area contributed by atoms with Crippen molar-refractivity contribution in [3.05, 3.63) is 22.6 Å². The van der Waals surface area contributed by atoms with Gasteiger partial charge in [0.05, 0.1) is 30.9 Å². The Hall–Kier alpha value is -2.47. The Morgan fingerprint density at radius 2 is 2.07 bits per heavy atom. The minimum absolute atomic E-state index is 0.00499. The normalized spacial score (nSPS) is 36.3. The van der Waals surface area contributed by atoms with Gasteiger partial charge >= 0.3 is 6.09 Å². The van der Waals surface area contributed by atoms with Crippen LogP contribution in [0.2, 0.25) is 0 Å². The third kappa shape index (κ3) is 2.84. The Bertz CT molecular complexity index is 844. The van der Waals surface area contributed by atoms with E-state index in [0.717, 1.165) is 0 Å². The van der Waals surface area contributed by atoms with Gasteiger partial charge in [0.15, 0.2) is 11.5 Å². The van der Waals surface area contributed by atoms with E-state index in [4.69, 9.17) is 24.1 Å². The lowest BCUT2D eigenvalue weighted by Crippen LogP contribution is -2.54. The maximum Gasteiger partial charge on any atom is 0.402 e. The summed E-state index contributed by atoms with van der Waals surface area (Å²) in [4.78, 5) is 36.8. The molecule has 4 heterocycles. The molecule has 11 heteroatoms. The molecule has 0 spiro atoms. The Kier molecular flexibility index (Phi) is 4.65. The van der Waals surface area contributed by atoms with Crippen molar-refractivity contribution >= 4 is 17.7 Å². The number of carboxylic acid groups (broad SMARTS) is 1. The van der Waals surface area contributed by atoms with E-state index in [1.165, 1.54) is 0 Å². The number of carbonyl (C=O) groups is 3. The van der Waals surface area contributed by atoms with E-state index in [9.17, 15) is 14.7 Å². The van der Waals surface area contributed by atoms with E-state index in [2.05, 4.69) is 11.1 Å². The van der Waals surface area contributed by atoms with Crippen molar-refractivity contribution in [3.63, 3.8) is 0 Å². The SMILES string of the molecule is COC12C(CO)C3=C(C(=O)C(C)=C(OCC4CO4)C3=O)N1CC1NC12.NC(=O)O. The van der Waals surface area contributed by atoms with Gasteiger partial charge in [0, 0.05) is 30.8 Å². The molecule has 5 rings (SSSR count). The summed E-state index contributed by atoms with van der Waals surface area (Å²) in [7, 11) is 1.56. The van der Waals surface area contributed by atoms with Gasteiger partial charge in [-0.05, 0) is 6.92 Å². The highest BCUT2D eigenvalue weighted by Gasteiger charge is 2.72. The zero-order valence-corrected chi connectivity index (χ0v) is 16.0. The second-order valence-corrected chi connectivity index (χ2v) is 7.53. The number of epoxide rings is 1. The zero-order chi connectivity index (χ0) is 21.1. The number of piperazine rings is 1. The third-order valence-corrected chi connectivity index (χ3v) is 5.98. The van der Waals surface area contributed by atoms with Crippen LogP contribution in [-0.4, -0.2) is 90.2 Å². The highest BCUT2D eigenvalue weighted by molar-refractivity contribution is 6.25. The first-order valence-electron chi connectivity index (χ1n) is 9.24. The maximum atomic E-state index is 13.1. The highest BCUT2D eigenvalue weighted by Crippen LogP contribution is 2.55. The molecule has 158 valence electrons. The fourth-order valence-electron chi connectivity index (χ4n) is 4.64. The van der Waals surface area contributed by atoms with Gasteiger partial charge < -0.3 is 40.4 Å². The van der Waals surface area contributed by atoms with E-state index in [0.29, 0.717) is 30.0 Å². The first kappa shape index (κ1) is 19.8. The molecule has 5 aliphatic rings. The summed E-state index contributed by atoms with van der Waals surface area (Å²) in [6.45, 7) is 2.79. The van der Waals surface area contributed by atoms with Gasteiger partial charge in [0.25, 0.3) is 0 Å². The second-order valence-electron chi connectivity index (χ2n) is 7.53. The molecule has 1 aliphatic carbocycles. The van der Waals surface area contributed by atoms with Gasteiger partial charge in [-0.1, -0.05) is 0 Å². The van der Waals surface area contributed by atoms with Gasteiger partial charge in [-0.3, -0.25) is 9.59 Å². The summed E-state index contributed by atoms with van der Waals surface area (Å²) in [5, 5.41) is 20.6. The van der Waals surface area contributed by atoms with Crippen molar-refractivity contribution in [2.75, 3.05) is 33.5 Å². The molecule has 0 saturated carbocycles. The van der Waals surface area contributed by atoms with Crippen molar-refractivity contribution in [1.82, 2.24) is 10.2 Å². The number of allylic oxidation sites excluding steroid dienone is 2. The minimum atomic E-state index is -1.33. The summed E-state index contributed by atoms with van der Waals surface area (Å²) in [5.41, 5.74) is 4.14. The van der Waals surface area contributed by atoms with Crippen LogP contribution in [0.3, 0.4) is 0 Å². The van der Waals surface area contributed by atoms with Gasteiger partial charge in [-0.15, -0.1) is 0 Å². The van der Waals surface area contributed by atoms with Crippen LogP contribution in [-0.2, 0) is 23.8 Å². The summed E-state index contributed by atoms with van der Waals surface area (Å²) in [5.74, 6) is -1.06. The third-order valence-electron chi connectivity index (χ3n) is 5.98. The lowest BCUT2D eigenvalue weighted by molar-refractivity contribution is -0.137. The monoisotopic (exact) mass is 409 g/mol. The van der Waals surface area contributed by atoms with Crippen molar-refractivity contribution in [2.24, 2.45) is 11.7 Å². The number of hydrogen-bond donors (Lipinski definition) is 4. The van der Waals surface area contributed by atoms with E-state index < -0.39 is 17.7 Å². The smallest absolute Gasteiger partial charge is 0.402 e. The molecule has 29 heavy (non-hydrogen) atoms. The lowest BCUT2D eigenvalue weighted by Gasteiger charge is -2.39. The maximum absolute atomic E-state index is 13.1. The number of Topliss-reactive ketones (excluding diaryl/α,β-unsaturated/α-hetero) is 2. The quantitative estimate of drug-likeness (QED) is 0.303. The topological polar surface area (TPSA) is 174 Å². The molecule has 0 radical (unpaired) electrons. The van der Waals surface area contributed by atoms with Crippen LogP contribution < -0.4 is 11.1 Å². The van der Waals surface area contributed by atoms with Crippen LogP contribution in [0.25, 0.3) is 0 Å². The largest absolute Gasteiger partial charge is 0.486 e. The first-order valence-corrected chi connectivity index (χ1v) is 9.24. The number of aliphatic hydroxyl groups is 1.